The first-order valence-electron chi connectivity index (χ1n) is 9.44. The van der Waals surface area contributed by atoms with Gasteiger partial charge in [0.1, 0.15) is 12.1 Å². The van der Waals surface area contributed by atoms with Crippen molar-refractivity contribution in [3.05, 3.63) is 16.9 Å². The third-order valence-corrected chi connectivity index (χ3v) is 4.37. The van der Waals surface area contributed by atoms with Gasteiger partial charge in [0, 0.05) is 25.7 Å². The lowest BCUT2D eigenvalue weighted by molar-refractivity contribution is -0.123. The fourth-order valence-corrected chi connectivity index (χ4v) is 3.06. The minimum atomic E-state index is -4.55. The summed E-state index contributed by atoms with van der Waals surface area (Å²) in [5.74, 6) is -0.970. The average Bonchev–Trinajstić information content (AvgIpc) is 2.63. The van der Waals surface area contributed by atoms with Gasteiger partial charge in [0.05, 0.1) is 5.69 Å². The monoisotopic (exact) mass is 451 g/mol. The lowest BCUT2D eigenvalue weighted by atomic mass is 9.98. The summed E-state index contributed by atoms with van der Waals surface area (Å²) in [6.07, 6.45) is -3.34. The molecule has 1 aromatic rings. The Hall–Kier alpha value is -2.30. The summed E-state index contributed by atoms with van der Waals surface area (Å²) in [6.45, 7) is 5.28. The Morgan fingerprint density at radius 3 is 2.63 bits per heavy atom. The van der Waals surface area contributed by atoms with Crippen molar-refractivity contribution in [1.29, 1.82) is 0 Å². The van der Waals surface area contributed by atoms with Crippen LogP contribution in [-0.2, 0) is 4.74 Å². The van der Waals surface area contributed by atoms with E-state index < -0.39 is 30.3 Å². The molecule has 1 atom stereocenters. The van der Waals surface area contributed by atoms with Gasteiger partial charge in [0.25, 0.3) is 5.91 Å². The normalized spacial score (nSPS) is 17.4. The number of alkyl halides is 3. The third-order valence-electron chi connectivity index (χ3n) is 4.18. The van der Waals surface area contributed by atoms with Crippen LogP contribution in [0.4, 0.5) is 23.7 Å². The van der Waals surface area contributed by atoms with E-state index in [4.69, 9.17) is 16.3 Å². The molecule has 0 aromatic carbocycles. The molecular formula is C18H25ClF3N5O3. The average molecular weight is 452 g/mol. The molecule has 2 heterocycles. The van der Waals surface area contributed by atoms with Crippen LogP contribution in [0.15, 0.2) is 6.07 Å². The van der Waals surface area contributed by atoms with Gasteiger partial charge in [0.2, 0.25) is 0 Å². The van der Waals surface area contributed by atoms with Gasteiger partial charge >= 0.3 is 12.3 Å². The quantitative estimate of drug-likeness (QED) is 0.711. The van der Waals surface area contributed by atoms with Crippen LogP contribution >= 0.6 is 11.6 Å². The van der Waals surface area contributed by atoms with Crippen molar-refractivity contribution < 1.29 is 27.5 Å². The lowest BCUT2D eigenvalue weighted by Crippen LogP contribution is -2.44. The van der Waals surface area contributed by atoms with Gasteiger partial charge in [-0.05, 0) is 39.5 Å². The van der Waals surface area contributed by atoms with E-state index in [0.29, 0.717) is 19.6 Å². The molecule has 8 nitrogen and oxygen atoms in total. The zero-order chi connectivity index (χ0) is 22.5. The summed E-state index contributed by atoms with van der Waals surface area (Å²) in [5, 5.41) is 11.9. The summed E-state index contributed by atoms with van der Waals surface area (Å²) in [7, 11) is 0. The van der Waals surface area contributed by atoms with E-state index in [2.05, 4.69) is 15.5 Å². The minimum Gasteiger partial charge on any atom is -0.444 e. The summed E-state index contributed by atoms with van der Waals surface area (Å²) in [5.41, 5.74) is -0.715. The number of anilines is 1. The zero-order valence-corrected chi connectivity index (χ0v) is 17.7. The second-order valence-corrected chi connectivity index (χ2v) is 8.43. The molecule has 0 spiro atoms. The van der Waals surface area contributed by atoms with Crippen LogP contribution in [0.1, 0.15) is 44.1 Å². The topological polar surface area (TPSA) is 96.4 Å². The van der Waals surface area contributed by atoms with E-state index in [1.807, 2.05) is 0 Å². The van der Waals surface area contributed by atoms with Gasteiger partial charge in [-0.1, -0.05) is 11.6 Å². The Balaban J connectivity index is 2.00. The van der Waals surface area contributed by atoms with Gasteiger partial charge in [-0.15, -0.1) is 10.2 Å². The second-order valence-electron chi connectivity index (χ2n) is 8.04. The molecular weight excluding hydrogens is 427 g/mol. The highest BCUT2D eigenvalue weighted by atomic mass is 35.5. The third kappa shape index (κ3) is 7.85. The van der Waals surface area contributed by atoms with Gasteiger partial charge in [-0.2, -0.15) is 13.2 Å². The molecule has 1 aliphatic heterocycles. The first-order valence-corrected chi connectivity index (χ1v) is 9.82. The molecule has 2 amide bonds. The van der Waals surface area contributed by atoms with Crippen molar-refractivity contribution in [1.82, 2.24) is 20.4 Å². The predicted octanol–water partition coefficient (Wildman–Crippen LogP) is 3.48. The predicted molar refractivity (Wildman–Crippen MR) is 104 cm³/mol. The fraction of sp³-hybridized carbons (Fsp3) is 0.667. The number of nitrogens with one attached hydrogen (secondary N) is 2. The number of hydrogen-bond donors (Lipinski definition) is 2. The maximum atomic E-state index is 12.4. The smallest absolute Gasteiger partial charge is 0.410 e. The molecule has 1 saturated heterocycles. The van der Waals surface area contributed by atoms with E-state index in [0.717, 1.165) is 12.8 Å². The Bertz CT molecular complexity index is 770. The van der Waals surface area contributed by atoms with Gasteiger partial charge in [-0.3, -0.25) is 4.79 Å². The van der Waals surface area contributed by atoms with E-state index in [9.17, 15) is 22.8 Å². The van der Waals surface area contributed by atoms with Crippen LogP contribution in [-0.4, -0.2) is 65.1 Å². The number of piperidine rings is 1. The van der Waals surface area contributed by atoms with E-state index in [1.54, 1.807) is 31.0 Å². The standard InChI is InChI=1S/C18H25ClF3N5O3/c1-17(2,3)30-16(29)27-6-4-5-11(9-27)8-23-12-7-13(19)25-26-14(12)15(28)24-10-18(20,21)22/h7,11H,4-6,8-10H2,1-3H3,(H,23,25)(H,24,28). The molecule has 1 aliphatic rings. The van der Waals surface area contributed by atoms with E-state index in [1.165, 1.54) is 6.07 Å². The van der Waals surface area contributed by atoms with Crippen LogP contribution in [0.25, 0.3) is 0 Å². The summed E-state index contributed by atoms with van der Waals surface area (Å²) < 4.78 is 42.5. The molecule has 0 aliphatic carbocycles. The summed E-state index contributed by atoms with van der Waals surface area (Å²) in [4.78, 5) is 26.0. The Labute approximate surface area is 177 Å². The van der Waals surface area contributed by atoms with Crippen molar-refractivity contribution in [3.8, 4) is 0 Å². The number of amides is 2. The molecule has 30 heavy (non-hydrogen) atoms. The molecule has 1 fully saturated rings. The van der Waals surface area contributed by atoms with Crippen molar-refractivity contribution in [2.75, 3.05) is 31.5 Å². The first-order chi connectivity index (χ1) is 13.8. The Morgan fingerprint density at radius 1 is 1.30 bits per heavy atom. The van der Waals surface area contributed by atoms with Crippen LogP contribution in [0.2, 0.25) is 5.15 Å². The van der Waals surface area contributed by atoms with Gasteiger partial charge in [0.15, 0.2) is 10.8 Å². The molecule has 0 radical (unpaired) electrons. The highest BCUT2D eigenvalue weighted by Gasteiger charge is 2.30. The molecule has 0 saturated carbocycles. The minimum absolute atomic E-state index is 0.0103. The number of rotatable bonds is 5. The number of hydrogen-bond acceptors (Lipinski definition) is 6. The SMILES string of the molecule is CC(C)(C)OC(=O)N1CCCC(CNc2cc(Cl)nnc2C(=O)NCC(F)(F)F)C1. The number of halogens is 4. The second kappa shape index (κ2) is 9.67. The number of nitrogens with zero attached hydrogens (tertiary/aromatic N) is 3. The fourth-order valence-electron chi connectivity index (χ4n) is 2.91. The van der Waals surface area contributed by atoms with Crippen molar-refractivity contribution in [3.63, 3.8) is 0 Å². The molecule has 12 heteroatoms. The Kier molecular flexibility index (Phi) is 7.73. The zero-order valence-electron chi connectivity index (χ0n) is 17.0. The molecule has 168 valence electrons. The molecule has 1 aromatic heterocycles. The van der Waals surface area contributed by atoms with Gasteiger partial charge < -0.3 is 20.3 Å². The molecule has 2 N–H and O–H groups in total. The number of likely N-dealkylation sites (tertiary alicyclic amines) is 1. The van der Waals surface area contributed by atoms with E-state index in [-0.39, 0.29) is 22.5 Å². The summed E-state index contributed by atoms with van der Waals surface area (Å²) in [6, 6.07) is 1.32. The maximum absolute atomic E-state index is 12.4. The van der Waals surface area contributed by atoms with Crippen molar-refractivity contribution in [2.24, 2.45) is 5.92 Å². The molecule has 0 bridgehead atoms. The summed E-state index contributed by atoms with van der Waals surface area (Å²) >= 11 is 5.82. The van der Waals surface area contributed by atoms with Crippen LogP contribution < -0.4 is 10.6 Å². The first kappa shape index (κ1) is 24.0. The molecule has 2 rings (SSSR count). The van der Waals surface area contributed by atoms with Crippen LogP contribution in [0.3, 0.4) is 0 Å². The van der Waals surface area contributed by atoms with Crippen LogP contribution in [0, 0.1) is 5.92 Å². The van der Waals surface area contributed by atoms with E-state index >= 15 is 0 Å². The number of carbonyl (C=O) groups is 2. The Morgan fingerprint density at radius 2 is 2.00 bits per heavy atom. The maximum Gasteiger partial charge on any atom is 0.410 e. The van der Waals surface area contributed by atoms with Crippen molar-refractivity contribution in [2.45, 2.75) is 45.4 Å². The highest BCUT2D eigenvalue weighted by Crippen LogP contribution is 2.22. The van der Waals surface area contributed by atoms with Crippen LogP contribution in [0.5, 0.6) is 0 Å². The van der Waals surface area contributed by atoms with Gasteiger partial charge in [-0.25, -0.2) is 4.79 Å². The number of ether oxygens (including phenoxy) is 1. The highest BCUT2D eigenvalue weighted by molar-refractivity contribution is 6.29. The largest absolute Gasteiger partial charge is 0.444 e. The molecule has 1 unspecified atom stereocenters. The van der Waals surface area contributed by atoms with Crippen molar-refractivity contribution >= 4 is 29.3 Å². The number of carbonyl (C=O) groups excluding carboxylic acids is 2. The number of aromatic nitrogens is 2. The lowest BCUT2D eigenvalue weighted by Gasteiger charge is -2.34.